The minimum atomic E-state index is -0.238. The average molecular weight is 439 g/mol. The fraction of sp³-hybridized carbons (Fsp3) is 0.222. The first-order valence-electron chi connectivity index (χ1n) is 11.1. The summed E-state index contributed by atoms with van der Waals surface area (Å²) in [5.74, 6) is 0.826. The Hall–Kier alpha value is -3.77. The lowest BCUT2D eigenvalue weighted by molar-refractivity contribution is -0.129. The van der Waals surface area contributed by atoms with Gasteiger partial charge in [0.05, 0.1) is 18.8 Å². The van der Waals surface area contributed by atoms with Crippen LogP contribution in [0.2, 0.25) is 0 Å². The van der Waals surface area contributed by atoms with Crippen molar-refractivity contribution in [3.8, 4) is 16.9 Å². The van der Waals surface area contributed by atoms with E-state index in [2.05, 4.69) is 45.5 Å². The van der Waals surface area contributed by atoms with Crippen LogP contribution >= 0.6 is 0 Å². The van der Waals surface area contributed by atoms with Crippen LogP contribution in [-0.2, 0) is 17.8 Å². The van der Waals surface area contributed by atoms with Crippen molar-refractivity contribution in [1.29, 1.82) is 0 Å². The summed E-state index contributed by atoms with van der Waals surface area (Å²) in [6.45, 7) is 2.04. The second-order valence-corrected chi connectivity index (χ2v) is 8.25. The van der Waals surface area contributed by atoms with E-state index in [1.54, 1.807) is 13.3 Å². The number of hydrogen-bond donors (Lipinski definition) is 1. The first-order valence-corrected chi connectivity index (χ1v) is 11.1. The van der Waals surface area contributed by atoms with E-state index in [9.17, 15) is 4.79 Å². The van der Waals surface area contributed by atoms with Crippen LogP contribution in [0.25, 0.3) is 22.0 Å². The van der Waals surface area contributed by atoms with Crippen LogP contribution < -0.4 is 10.1 Å². The Morgan fingerprint density at radius 2 is 1.91 bits per heavy atom. The van der Waals surface area contributed by atoms with Crippen LogP contribution in [0.5, 0.6) is 5.75 Å². The highest BCUT2D eigenvalue weighted by molar-refractivity contribution is 5.85. The zero-order valence-electron chi connectivity index (χ0n) is 18.6. The maximum atomic E-state index is 12.8. The number of ether oxygens (including phenoxy) is 1. The van der Waals surface area contributed by atoms with Gasteiger partial charge in [0.2, 0.25) is 5.91 Å². The minimum Gasteiger partial charge on any atom is -0.494 e. The van der Waals surface area contributed by atoms with Gasteiger partial charge in [0.1, 0.15) is 11.3 Å². The summed E-state index contributed by atoms with van der Waals surface area (Å²) in [5.41, 5.74) is 5.10. The normalized spacial score (nSPS) is 16.5. The summed E-state index contributed by atoms with van der Waals surface area (Å²) in [6.07, 6.45) is 4.28. The van der Waals surface area contributed by atoms with Gasteiger partial charge in [-0.2, -0.15) is 0 Å². The number of carbonyl (C=O) groups excluding carboxylic acids is 1. The van der Waals surface area contributed by atoms with Gasteiger partial charge in [-0.1, -0.05) is 48.5 Å². The lowest BCUT2D eigenvalue weighted by atomic mass is 9.99. The number of carbonyl (C=O) groups is 1. The molecule has 1 aliphatic heterocycles. The zero-order chi connectivity index (χ0) is 22.6. The van der Waals surface area contributed by atoms with E-state index in [1.807, 2.05) is 42.6 Å². The third-order valence-corrected chi connectivity index (χ3v) is 6.15. The topological polar surface area (TPSA) is 67.3 Å². The van der Waals surface area contributed by atoms with Gasteiger partial charge in [-0.15, -0.1) is 0 Å². The molecule has 4 aromatic rings. The largest absolute Gasteiger partial charge is 0.494 e. The predicted octanol–water partition coefficient (Wildman–Crippen LogP) is 3.85. The van der Waals surface area contributed by atoms with E-state index in [0.717, 1.165) is 45.6 Å². The van der Waals surface area contributed by atoms with E-state index in [-0.39, 0.29) is 11.9 Å². The third-order valence-electron chi connectivity index (χ3n) is 6.15. The number of fused-ring (bicyclic) bond motifs is 1. The summed E-state index contributed by atoms with van der Waals surface area (Å²) in [7, 11) is 1.66. The predicted molar refractivity (Wildman–Crippen MR) is 129 cm³/mol. The van der Waals surface area contributed by atoms with Crippen molar-refractivity contribution in [3.05, 3.63) is 90.4 Å². The smallest absolute Gasteiger partial charge is 0.237 e. The second kappa shape index (κ2) is 9.38. The van der Waals surface area contributed by atoms with Gasteiger partial charge in [-0.25, -0.2) is 4.98 Å². The molecule has 1 aliphatic rings. The molecule has 33 heavy (non-hydrogen) atoms. The van der Waals surface area contributed by atoms with E-state index in [1.165, 1.54) is 0 Å². The Bertz CT molecular complexity index is 1260. The summed E-state index contributed by atoms with van der Waals surface area (Å²) >= 11 is 0. The van der Waals surface area contributed by atoms with Crippen molar-refractivity contribution < 1.29 is 9.53 Å². The number of nitrogens with zero attached hydrogens (tertiary/aromatic N) is 3. The Morgan fingerprint density at radius 3 is 2.70 bits per heavy atom. The van der Waals surface area contributed by atoms with Crippen molar-refractivity contribution in [1.82, 2.24) is 20.2 Å². The summed E-state index contributed by atoms with van der Waals surface area (Å²) in [5, 5.41) is 4.07. The molecule has 0 spiro atoms. The molecule has 3 heterocycles. The zero-order valence-corrected chi connectivity index (χ0v) is 18.6. The number of benzene rings is 2. The third kappa shape index (κ3) is 4.56. The summed E-state index contributed by atoms with van der Waals surface area (Å²) in [6, 6.07) is 22.1. The van der Waals surface area contributed by atoms with Crippen LogP contribution in [0.4, 0.5) is 0 Å². The molecule has 5 rings (SSSR count). The molecule has 1 N–H and O–H groups in total. The lowest BCUT2D eigenvalue weighted by Crippen LogP contribution is -2.55. The van der Waals surface area contributed by atoms with E-state index in [4.69, 9.17) is 9.72 Å². The molecule has 2 aromatic carbocycles. The number of methoxy groups -OCH3 is 1. The maximum Gasteiger partial charge on any atom is 0.237 e. The summed E-state index contributed by atoms with van der Waals surface area (Å²) < 4.78 is 5.49. The van der Waals surface area contributed by atoms with Crippen molar-refractivity contribution in [2.24, 2.45) is 0 Å². The molecule has 166 valence electrons. The van der Waals surface area contributed by atoms with Gasteiger partial charge in [0, 0.05) is 37.4 Å². The highest BCUT2D eigenvalue weighted by Crippen LogP contribution is 2.25. The second-order valence-electron chi connectivity index (χ2n) is 8.25. The van der Waals surface area contributed by atoms with Crippen LogP contribution in [0.15, 0.2) is 79.1 Å². The summed E-state index contributed by atoms with van der Waals surface area (Å²) in [4.78, 5) is 24.1. The van der Waals surface area contributed by atoms with Gasteiger partial charge >= 0.3 is 0 Å². The van der Waals surface area contributed by atoms with Gasteiger partial charge < -0.3 is 10.1 Å². The van der Waals surface area contributed by atoms with Gasteiger partial charge in [0.15, 0.2) is 0 Å². The number of hydrogen-bond acceptors (Lipinski definition) is 5. The molecule has 0 bridgehead atoms. The van der Waals surface area contributed by atoms with Gasteiger partial charge in [0.25, 0.3) is 0 Å². The minimum absolute atomic E-state index is 0.0657. The van der Waals surface area contributed by atoms with E-state index in [0.29, 0.717) is 19.5 Å². The van der Waals surface area contributed by atoms with Crippen LogP contribution in [0, 0.1) is 0 Å². The molecule has 6 heteroatoms. The average Bonchev–Trinajstić information content (AvgIpc) is 2.86. The number of nitrogens with one attached hydrogen (secondary N) is 1. The maximum absolute atomic E-state index is 12.8. The molecule has 6 nitrogen and oxygen atoms in total. The SMILES string of the molecule is COc1cccc2ccc(CN3CCNC(=O)C3Cc3ccc(-c4cccnc4)cc3)nc12. The Balaban J connectivity index is 1.35. The molecule has 0 radical (unpaired) electrons. The Labute approximate surface area is 193 Å². The molecule has 1 amide bonds. The fourth-order valence-corrected chi connectivity index (χ4v) is 4.38. The quantitative estimate of drug-likeness (QED) is 0.495. The number of piperazine rings is 1. The molecule has 1 atom stereocenters. The number of aromatic nitrogens is 2. The van der Waals surface area contributed by atoms with Crippen molar-refractivity contribution in [3.63, 3.8) is 0 Å². The molecular formula is C27H26N4O2. The molecular weight excluding hydrogens is 412 g/mol. The molecule has 0 aliphatic carbocycles. The van der Waals surface area contributed by atoms with Gasteiger partial charge in [-0.3, -0.25) is 14.7 Å². The van der Waals surface area contributed by atoms with Gasteiger partial charge in [-0.05, 0) is 41.3 Å². The molecule has 0 saturated carbocycles. The Kier molecular flexibility index (Phi) is 6.00. The van der Waals surface area contributed by atoms with E-state index < -0.39 is 0 Å². The fourth-order valence-electron chi connectivity index (χ4n) is 4.38. The lowest BCUT2D eigenvalue weighted by Gasteiger charge is -2.35. The van der Waals surface area contributed by atoms with E-state index >= 15 is 0 Å². The highest BCUT2D eigenvalue weighted by Gasteiger charge is 2.30. The highest BCUT2D eigenvalue weighted by atomic mass is 16.5. The molecule has 2 aromatic heterocycles. The standard InChI is InChI=1S/C27H26N4O2/c1-33-25-6-2-4-21-11-12-23(30-26(21)25)18-31-15-14-29-27(32)24(31)16-19-7-9-20(10-8-19)22-5-3-13-28-17-22/h2-13,17,24H,14-16,18H2,1H3,(H,29,32). The first kappa shape index (κ1) is 21.1. The van der Waals surface area contributed by atoms with Crippen molar-refractivity contribution >= 4 is 16.8 Å². The number of rotatable bonds is 6. The van der Waals surface area contributed by atoms with Crippen LogP contribution in [-0.4, -0.2) is 47.0 Å². The number of para-hydroxylation sites is 1. The number of pyridine rings is 2. The Morgan fingerprint density at radius 1 is 1.03 bits per heavy atom. The number of amides is 1. The van der Waals surface area contributed by atoms with Crippen molar-refractivity contribution in [2.45, 2.75) is 19.0 Å². The molecule has 1 unspecified atom stereocenters. The first-order chi connectivity index (χ1) is 16.2. The monoisotopic (exact) mass is 438 g/mol. The van der Waals surface area contributed by atoms with Crippen molar-refractivity contribution in [2.75, 3.05) is 20.2 Å². The van der Waals surface area contributed by atoms with Crippen LogP contribution in [0.3, 0.4) is 0 Å². The van der Waals surface area contributed by atoms with Crippen LogP contribution in [0.1, 0.15) is 11.3 Å². The molecule has 1 fully saturated rings. The molecule has 1 saturated heterocycles.